The van der Waals surface area contributed by atoms with Gasteiger partial charge in [0.1, 0.15) is 11.3 Å². The molecule has 0 radical (unpaired) electrons. The molecule has 1 N–H and O–H groups in total. The maximum atomic E-state index is 12.6. The van der Waals surface area contributed by atoms with E-state index in [1.54, 1.807) is 36.4 Å². The summed E-state index contributed by atoms with van der Waals surface area (Å²) in [7, 11) is 0. The van der Waals surface area contributed by atoms with Crippen molar-refractivity contribution in [2.45, 2.75) is 0 Å². The second-order valence-corrected chi connectivity index (χ2v) is 6.56. The number of barbiturate groups is 1. The maximum Gasteiger partial charge on any atom is 0.335 e. The summed E-state index contributed by atoms with van der Waals surface area (Å²) in [5, 5.41) is 2.15. The largest absolute Gasteiger partial charge is 0.451 e. The van der Waals surface area contributed by atoms with Gasteiger partial charge in [0.15, 0.2) is 3.77 Å². The third-order valence-corrected chi connectivity index (χ3v) is 4.12. The van der Waals surface area contributed by atoms with Gasteiger partial charge in [-0.05, 0) is 59.0 Å². The third kappa shape index (κ3) is 3.22. The van der Waals surface area contributed by atoms with Gasteiger partial charge in [-0.1, -0.05) is 22.0 Å². The van der Waals surface area contributed by atoms with Gasteiger partial charge < -0.3 is 4.42 Å². The molecule has 0 saturated carbocycles. The lowest BCUT2D eigenvalue weighted by Crippen LogP contribution is -2.54. The minimum Gasteiger partial charge on any atom is -0.451 e. The van der Waals surface area contributed by atoms with E-state index >= 15 is 0 Å². The Kier molecular flexibility index (Phi) is 4.35. The molecule has 1 aromatic heterocycles. The number of imide groups is 2. The zero-order chi connectivity index (χ0) is 16.6. The van der Waals surface area contributed by atoms with Gasteiger partial charge in [0.05, 0.1) is 5.69 Å². The SMILES string of the molecule is O=C1NC(=O)N(c2cccc(Br)c2)C(=O)/C1=C/c1ccc(I)o1. The predicted octanol–water partition coefficient (Wildman–Crippen LogP) is 3.31. The van der Waals surface area contributed by atoms with E-state index in [-0.39, 0.29) is 5.57 Å². The molecular formula is C15H8BrIN2O4. The number of carbonyl (C=O) groups excluding carboxylic acids is 3. The molecule has 6 nitrogen and oxygen atoms in total. The summed E-state index contributed by atoms with van der Waals surface area (Å²) in [5.41, 5.74) is 0.185. The van der Waals surface area contributed by atoms with E-state index < -0.39 is 17.8 Å². The summed E-state index contributed by atoms with van der Waals surface area (Å²) >= 11 is 5.26. The number of furan rings is 1. The van der Waals surface area contributed by atoms with Crippen molar-refractivity contribution in [1.29, 1.82) is 0 Å². The lowest BCUT2D eigenvalue weighted by molar-refractivity contribution is -0.122. The van der Waals surface area contributed by atoms with Gasteiger partial charge in [0.2, 0.25) is 0 Å². The fourth-order valence-electron chi connectivity index (χ4n) is 2.06. The zero-order valence-corrected chi connectivity index (χ0v) is 15.1. The van der Waals surface area contributed by atoms with Crippen LogP contribution >= 0.6 is 38.5 Å². The van der Waals surface area contributed by atoms with Crippen molar-refractivity contribution in [3.05, 3.63) is 56.0 Å². The first kappa shape index (κ1) is 15.9. The lowest BCUT2D eigenvalue weighted by Gasteiger charge is -2.26. The van der Waals surface area contributed by atoms with E-state index in [4.69, 9.17) is 4.42 Å². The molecule has 4 amide bonds. The smallest absolute Gasteiger partial charge is 0.335 e. The summed E-state index contributed by atoms with van der Waals surface area (Å²) < 4.78 is 6.67. The van der Waals surface area contributed by atoms with Crippen LogP contribution in [-0.2, 0) is 9.59 Å². The topological polar surface area (TPSA) is 79.6 Å². The van der Waals surface area contributed by atoms with E-state index in [9.17, 15) is 14.4 Å². The number of carbonyl (C=O) groups is 3. The Labute approximate surface area is 152 Å². The second-order valence-electron chi connectivity index (χ2n) is 4.58. The van der Waals surface area contributed by atoms with Gasteiger partial charge >= 0.3 is 6.03 Å². The molecule has 0 spiro atoms. The Hall–Kier alpha value is -1.94. The number of halogens is 2. The van der Waals surface area contributed by atoms with Crippen molar-refractivity contribution in [2.75, 3.05) is 4.90 Å². The minimum atomic E-state index is -0.788. The minimum absolute atomic E-state index is 0.171. The van der Waals surface area contributed by atoms with Crippen molar-refractivity contribution >= 4 is 68.1 Å². The number of nitrogens with zero attached hydrogens (tertiary/aromatic N) is 1. The van der Waals surface area contributed by atoms with Crippen LogP contribution in [0.1, 0.15) is 5.76 Å². The van der Waals surface area contributed by atoms with Crippen LogP contribution in [0.5, 0.6) is 0 Å². The highest BCUT2D eigenvalue weighted by molar-refractivity contribution is 14.1. The van der Waals surface area contributed by atoms with Gasteiger partial charge in [-0.2, -0.15) is 0 Å². The molecule has 23 heavy (non-hydrogen) atoms. The van der Waals surface area contributed by atoms with E-state index in [1.807, 2.05) is 22.6 Å². The molecule has 1 aliphatic heterocycles. The van der Waals surface area contributed by atoms with Crippen LogP contribution in [0, 0.1) is 3.77 Å². The second kappa shape index (κ2) is 6.28. The van der Waals surface area contributed by atoms with Crippen molar-refractivity contribution in [2.24, 2.45) is 0 Å². The van der Waals surface area contributed by atoms with Crippen molar-refractivity contribution < 1.29 is 18.8 Å². The standard InChI is InChI=1S/C15H8BrIN2O4/c16-8-2-1-3-9(6-8)19-14(21)11(13(20)18-15(19)22)7-10-4-5-12(17)23-10/h1-7H,(H,18,20,22)/b11-7+. The summed E-state index contributed by atoms with van der Waals surface area (Å²) in [5.74, 6) is -1.10. The molecule has 2 heterocycles. The van der Waals surface area contributed by atoms with Crippen LogP contribution < -0.4 is 10.2 Å². The van der Waals surface area contributed by atoms with Crippen LogP contribution in [0.15, 0.2) is 50.9 Å². The molecule has 1 saturated heterocycles. The van der Waals surface area contributed by atoms with Crippen LogP contribution in [0.25, 0.3) is 6.08 Å². The van der Waals surface area contributed by atoms with E-state index in [2.05, 4.69) is 21.2 Å². The molecule has 8 heteroatoms. The zero-order valence-electron chi connectivity index (χ0n) is 11.4. The quantitative estimate of drug-likeness (QED) is 0.401. The highest BCUT2D eigenvalue weighted by Crippen LogP contribution is 2.25. The van der Waals surface area contributed by atoms with Gasteiger partial charge in [-0.15, -0.1) is 0 Å². The average Bonchev–Trinajstić information content (AvgIpc) is 2.89. The Morgan fingerprint density at radius 2 is 1.96 bits per heavy atom. The number of hydrogen-bond donors (Lipinski definition) is 1. The fraction of sp³-hybridized carbons (Fsp3) is 0. The molecule has 1 fully saturated rings. The molecule has 116 valence electrons. The van der Waals surface area contributed by atoms with Crippen molar-refractivity contribution in [3.8, 4) is 0 Å². The highest BCUT2D eigenvalue weighted by Gasteiger charge is 2.37. The van der Waals surface area contributed by atoms with E-state index in [0.717, 1.165) is 4.90 Å². The molecule has 1 aromatic carbocycles. The number of anilines is 1. The Morgan fingerprint density at radius 3 is 2.61 bits per heavy atom. The average molecular weight is 487 g/mol. The van der Waals surface area contributed by atoms with Gasteiger partial charge in [0, 0.05) is 4.47 Å². The number of urea groups is 1. The maximum absolute atomic E-state index is 12.6. The first-order chi connectivity index (χ1) is 11.0. The van der Waals surface area contributed by atoms with Crippen LogP contribution in [0.4, 0.5) is 10.5 Å². The summed E-state index contributed by atoms with van der Waals surface area (Å²) in [6, 6.07) is 9.22. The number of benzene rings is 1. The van der Waals surface area contributed by atoms with Gasteiger partial charge in [-0.3, -0.25) is 14.9 Å². The molecule has 1 aliphatic rings. The lowest BCUT2D eigenvalue weighted by atomic mass is 10.1. The number of hydrogen-bond acceptors (Lipinski definition) is 4. The predicted molar refractivity (Wildman–Crippen MR) is 94.6 cm³/mol. The third-order valence-electron chi connectivity index (χ3n) is 3.05. The molecule has 2 aromatic rings. The van der Waals surface area contributed by atoms with E-state index in [0.29, 0.717) is 19.7 Å². The van der Waals surface area contributed by atoms with Crippen LogP contribution in [0.2, 0.25) is 0 Å². The summed E-state index contributed by atoms with van der Waals surface area (Å²) in [4.78, 5) is 37.5. The van der Waals surface area contributed by atoms with Crippen LogP contribution in [-0.4, -0.2) is 17.8 Å². The summed E-state index contributed by atoms with van der Waals surface area (Å²) in [6.07, 6.45) is 1.32. The van der Waals surface area contributed by atoms with E-state index in [1.165, 1.54) is 6.08 Å². The number of rotatable bonds is 2. The normalized spacial score (nSPS) is 16.9. The Balaban J connectivity index is 2.02. The molecule has 0 unspecified atom stereocenters. The van der Waals surface area contributed by atoms with Gasteiger partial charge in [-0.25, -0.2) is 9.69 Å². The number of amides is 4. The fourth-order valence-corrected chi connectivity index (χ4v) is 2.88. The Bertz CT molecular complexity index is 859. The molecule has 3 rings (SSSR count). The first-order valence-electron chi connectivity index (χ1n) is 6.38. The Morgan fingerprint density at radius 1 is 1.17 bits per heavy atom. The number of nitrogens with one attached hydrogen (secondary N) is 1. The monoisotopic (exact) mass is 486 g/mol. The summed E-state index contributed by atoms with van der Waals surface area (Å²) in [6.45, 7) is 0. The molecule has 0 atom stereocenters. The first-order valence-corrected chi connectivity index (χ1v) is 8.25. The van der Waals surface area contributed by atoms with Crippen molar-refractivity contribution in [3.63, 3.8) is 0 Å². The molecular weight excluding hydrogens is 479 g/mol. The molecule has 0 aliphatic carbocycles. The van der Waals surface area contributed by atoms with Crippen molar-refractivity contribution in [1.82, 2.24) is 5.32 Å². The highest BCUT2D eigenvalue weighted by atomic mass is 127. The molecule has 0 bridgehead atoms. The van der Waals surface area contributed by atoms with Crippen LogP contribution in [0.3, 0.4) is 0 Å². The van der Waals surface area contributed by atoms with Gasteiger partial charge in [0.25, 0.3) is 11.8 Å².